The quantitative estimate of drug-likeness (QED) is 0.298. The Balaban J connectivity index is 1.11. The van der Waals surface area contributed by atoms with Crippen molar-refractivity contribution in [1.82, 2.24) is 25.0 Å². The Hall–Kier alpha value is -4.98. The first-order chi connectivity index (χ1) is 21.6. The highest BCUT2D eigenvalue weighted by Gasteiger charge is 2.31. The zero-order valence-corrected chi connectivity index (χ0v) is 24.3. The zero-order chi connectivity index (χ0) is 31.7. The molecule has 2 aromatic heterocycles. The first kappa shape index (κ1) is 30.1. The molecule has 0 saturated carbocycles. The molecule has 4 amide bonds. The van der Waals surface area contributed by atoms with Crippen LogP contribution in [-0.2, 0) is 17.5 Å². The lowest BCUT2D eigenvalue weighted by atomic mass is 10.0. The number of piperidine rings is 1. The summed E-state index contributed by atoms with van der Waals surface area (Å²) >= 11 is 0. The van der Waals surface area contributed by atoms with Gasteiger partial charge in [-0.05, 0) is 48.7 Å². The first-order valence-electron chi connectivity index (χ1n) is 14.4. The van der Waals surface area contributed by atoms with Crippen LogP contribution in [0.1, 0.15) is 46.8 Å². The molecule has 0 aliphatic carbocycles. The molecule has 0 radical (unpaired) electrons. The van der Waals surface area contributed by atoms with Gasteiger partial charge in [-0.1, -0.05) is 6.07 Å². The molecule has 2 saturated heterocycles. The van der Waals surface area contributed by atoms with Gasteiger partial charge in [0.1, 0.15) is 5.75 Å². The fourth-order valence-electron chi connectivity index (χ4n) is 5.68. The second-order valence-electron chi connectivity index (χ2n) is 11.1. The molecular formula is C31H30F3N7O4. The number of imide groups is 1. The van der Waals surface area contributed by atoms with Crippen LogP contribution in [0.2, 0.25) is 0 Å². The van der Waals surface area contributed by atoms with Gasteiger partial charge in [-0.25, -0.2) is 4.79 Å². The molecule has 2 fully saturated rings. The molecule has 234 valence electrons. The van der Waals surface area contributed by atoms with Crippen LogP contribution >= 0.6 is 0 Å². The minimum atomic E-state index is -4.56. The normalized spacial score (nSPS) is 16.6. The third kappa shape index (κ3) is 6.60. The smallest absolute Gasteiger partial charge is 0.416 e. The molecule has 4 heterocycles. The third-order valence-corrected chi connectivity index (χ3v) is 8.03. The first-order valence-corrected chi connectivity index (χ1v) is 14.4. The number of carbonyl (C=O) groups is 3. The van der Waals surface area contributed by atoms with Gasteiger partial charge in [-0.2, -0.15) is 18.3 Å². The van der Waals surface area contributed by atoms with Gasteiger partial charge in [0.25, 0.3) is 5.91 Å². The number of benzene rings is 2. The standard InChI is InChI=1S/C31H30F3N7O4/c1-45-27-14-25-21(13-26(27)36-29(43)20-3-2-4-22(12-20)31(32,33)34)18-41(38-25)23-5-8-39(9-6-23)17-19-11-24(16-35-15-19)40-10-7-28(42)37-30(40)44/h2-4,11-16,18,23H,5-10,17H2,1H3,(H,36,43)(H,37,42,44). The van der Waals surface area contributed by atoms with Gasteiger partial charge in [-0.15, -0.1) is 0 Å². The van der Waals surface area contributed by atoms with E-state index in [1.807, 2.05) is 16.9 Å². The van der Waals surface area contributed by atoms with Crippen molar-refractivity contribution >= 4 is 40.1 Å². The molecule has 45 heavy (non-hydrogen) atoms. The Kier molecular flexibility index (Phi) is 8.14. The van der Waals surface area contributed by atoms with Crippen molar-refractivity contribution in [3.05, 3.63) is 77.7 Å². The van der Waals surface area contributed by atoms with Crippen molar-refractivity contribution in [3.63, 3.8) is 0 Å². The van der Waals surface area contributed by atoms with E-state index < -0.39 is 23.7 Å². The highest BCUT2D eigenvalue weighted by molar-refractivity contribution is 6.06. The van der Waals surface area contributed by atoms with E-state index in [4.69, 9.17) is 9.84 Å². The summed E-state index contributed by atoms with van der Waals surface area (Å²) in [7, 11) is 1.45. The number of rotatable bonds is 7. The summed E-state index contributed by atoms with van der Waals surface area (Å²) in [5.74, 6) is -0.630. The largest absolute Gasteiger partial charge is 0.494 e. The molecule has 11 nitrogen and oxygen atoms in total. The number of urea groups is 1. The van der Waals surface area contributed by atoms with Crippen LogP contribution in [0.4, 0.5) is 29.3 Å². The number of alkyl halides is 3. The van der Waals surface area contributed by atoms with Crippen LogP contribution in [0.15, 0.2) is 61.1 Å². The molecule has 0 bridgehead atoms. The minimum absolute atomic E-state index is 0.120. The lowest BCUT2D eigenvalue weighted by Gasteiger charge is -2.32. The molecule has 0 atom stereocenters. The molecule has 2 aliphatic heterocycles. The maximum Gasteiger partial charge on any atom is 0.416 e. The van der Waals surface area contributed by atoms with Crippen molar-refractivity contribution in [2.45, 2.75) is 38.0 Å². The number of halogens is 3. The van der Waals surface area contributed by atoms with Crippen molar-refractivity contribution in [2.24, 2.45) is 0 Å². The molecule has 6 rings (SSSR count). The number of nitrogens with one attached hydrogen (secondary N) is 2. The average molecular weight is 622 g/mol. The summed E-state index contributed by atoms with van der Waals surface area (Å²) in [6, 6.07) is 9.27. The number of hydrogen-bond donors (Lipinski definition) is 2. The number of likely N-dealkylation sites (tertiary alicyclic amines) is 1. The predicted octanol–water partition coefficient (Wildman–Crippen LogP) is 4.99. The summed E-state index contributed by atoms with van der Waals surface area (Å²) in [5.41, 5.74) is 1.58. The SMILES string of the molecule is COc1cc2nn(C3CCN(Cc4cncc(N5CCC(=O)NC5=O)c4)CC3)cc2cc1NC(=O)c1cccc(C(F)(F)F)c1. The molecule has 0 unspecified atom stereocenters. The number of aromatic nitrogens is 3. The average Bonchev–Trinajstić information content (AvgIpc) is 3.43. The van der Waals surface area contributed by atoms with Gasteiger partial charge in [0.05, 0.1) is 41.8 Å². The number of nitrogens with zero attached hydrogens (tertiary/aromatic N) is 5. The summed E-state index contributed by atoms with van der Waals surface area (Å²) in [5, 5.41) is 10.5. The van der Waals surface area contributed by atoms with Crippen molar-refractivity contribution in [3.8, 4) is 5.75 Å². The number of pyridine rings is 1. The summed E-state index contributed by atoms with van der Waals surface area (Å²) in [6.07, 6.45) is 2.66. The van der Waals surface area contributed by atoms with Crippen LogP contribution in [0, 0.1) is 0 Å². The number of methoxy groups -OCH3 is 1. The Labute approximate surface area is 256 Å². The van der Waals surface area contributed by atoms with Gasteiger partial charge in [-0.3, -0.25) is 34.4 Å². The predicted molar refractivity (Wildman–Crippen MR) is 159 cm³/mol. The van der Waals surface area contributed by atoms with E-state index in [2.05, 4.69) is 20.5 Å². The van der Waals surface area contributed by atoms with Crippen LogP contribution in [0.25, 0.3) is 10.9 Å². The number of anilines is 2. The van der Waals surface area contributed by atoms with Crippen molar-refractivity contribution < 1.29 is 32.3 Å². The Bertz CT molecular complexity index is 1770. The fraction of sp³-hybridized carbons (Fsp3) is 0.323. The number of ether oxygens (including phenoxy) is 1. The van der Waals surface area contributed by atoms with E-state index >= 15 is 0 Å². The lowest BCUT2D eigenvalue weighted by Crippen LogP contribution is -2.49. The van der Waals surface area contributed by atoms with Gasteiger partial charge >= 0.3 is 12.2 Å². The van der Waals surface area contributed by atoms with Crippen LogP contribution in [0.3, 0.4) is 0 Å². The number of fused-ring (bicyclic) bond motifs is 1. The molecule has 2 N–H and O–H groups in total. The Morgan fingerprint density at radius 2 is 1.89 bits per heavy atom. The van der Waals surface area contributed by atoms with E-state index in [1.165, 1.54) is 24.1 Å². The molecule has 2 aromatic carbocycles. The van der Waals surface area contributed by atoms with Crippen LogP contribution in [0.5, 0.6) is 5.75 Å². The van der Waals surface area contributed by atoms with E-state index in [9.17, 15) is 27.6 Å². The second-order valence-corrected chi connectivity index (χ2v) is 11.1. The number of amides is 4. The summed E-state index contributed by atoms with van der Waals surface area (Å²) in [4.78, 5) is 44.7. The maximum absolute atomic E-state index is 13.1. The van der Waals surface area contributed by atoms with Gasteiger partial charge in [0, 0.05) is 62.0 Å². The van der Waals surface area contributed by atoms with Crippen LogP contribution < -0.4 is 20.3 Å². The van der Waals surface area contributed by atoms with Gasteiger partial charge < -0.3 is 10.1 Å². The van der Waals surface area contributed by atoms with Crippen molar-refractivity contribution in [2.75, 3.05) is 37.0 Å². The number of carbonyl (C=O) groups excluding carboxylic acids is 3. The maximum atomic E-state index is 13.1. The number of hydrogen-bond acceptors (Lipinski definition) is 7. The lowest BCUT2D eigenvalue weighted by molar-refractivity contribution is -0.137. The molecule has 14 heteroatoms. The Morgan fingerprint density at radius 1 is 1.09 bits per heavy atom. The highest BCUT2D eigenvalue weighted by Crippen LogP contribution is 2.33. The minimum Gasteiger partial charge on any atom is -0.494 e. The molecule has 4 aromatic rings. The van der Waals surface area contributed by atoms with E-state index in [1.54, 1.807) is 24.5 Å². The van der Waals surface area contributed by atoms with Gasteiger partial charge in [0.15, 0.2) is 0 Å². The van der Waals surface area contributed by atoms with Crippen LogP contribution in [-0.4, -0.2) is 64.3 Å². The van der Waals surface area contributed by atoms with Gasteiger partial charge in [0.2, 0.25) is 5.91 Å². The molecule has 0 spiro atoms. The van der Waals surface area contributed by atoms with E-state index in [-0.39, 0.29) is 23.9 Å². The van der Waals surface area contributed by atoms with E-state index in [0.29, 0.717) is 35.7 Å². The Morgan fingerprint density at radius 3 is 2.62 bits per heavy atom. The zero-order valence-electron chi connectivity index (χ0n) is 24.3. The van der Waals surface area contributed by atoms with E-state index in [0.717, 1.165) is 49.0 Å². The monoisotopic (exact) mass is 621 g/mol. The molecular weight excluding hydrogens is 591 g/mol. The second kappa shape index (κ2) is 12.2. The summed E-state index contributed by atoms with van der Waals surface area (Å²) < 4.78 is 46.8. The fourth-order valence-corrected chi connectivity index (χ4v) is 5.68. The van der Waals surface area contributed by atoms with Crippen molar-refractivity contribution in [1.29, 1.82) is 0 Å². The molecule has 2 aliphatic rings. The highest BCUT2D eigenvalue weighted by atomic mass is 19.4. The topological polar surface area (TPSA) is 122 Å². The summed E-state index contributed by atoms with van der Waals surface area (Å²) in [6.45, 7) is 2.60. The third-order valence-electron chi connectivity index (χ3n) is 8.03.